The van der Waals surface area contributed by atoms with Gasteiger partial charge in [0.05, 0.1) is 12.1 Å². The van der Waals surface area contributed by atoms with Crippen molar-refractivity contribution in [3.05, 3.63) is 71.3 Å². The van der Waals surface area contributed by atoms with Gasteiger partial charge in [-0.3, -0.25) is 19.3 Å². The van der Waals surface area contributed by atoms with Crippen molar-refractivity contribution in [3.63, 3.8) is 0 Å². The minimum absolute atomic E-state index is 0.0673. The zero-order valence-corrected chi connectivity index (χ0v) is 23.0. The van der Waals surface area contributed by atoms with E-state index in [1.165, 1.54) is 12.1 Å². The average molecular weight is 559 g/mol. The number of likely N-dealkylation sites (tertiary alicyclic amines) is 1. The number of carbonyl (C=O) groups is 3. The van der Waals surface area contributed by atoms with E-state index >= 15 is 0 Å². The van der Waals surface area contributed by atoms with Crippen LogP contribution < -0.4 is 5.32 Å². The number of halogens is 3. The number of carbonyl (C=O) groups excluding carboxylic acids is 3. The Hall–Kier alpha value is -3.24. The molecule has 2 aromatic carbocycles. The third kappa shape index (κ3) is 7.69. The molecule has 40 heavy (non-hydrogen) atoms. The predicted molar refractivity (Wildman–Crippen MR) is 146 cm³/mol. The van der Waals surface area contributed by atoms with Gasteiger partial charge in [0.15, 0.2) is 5.78 Å². The summed E-state index contributed by atoms with van der Waals surface area (Å²) < 4.78 is 38.7. The predicted octanol–water partition coefficient (Wildman–Crippen LogP) is 3.95. The maximum absolute atomic E-state index is 13.0. The molecule has 0 aliphatic carbocycles. The molecule has 0 spiro atoms. The summed E-state index contributed by atoms with van der Waals surface area (Å²) in [7, 11) is 0. The first kappa shape index (κ1) is 29.7. The van der Waals surface area contributed by atoms with Crippen molar-refractivity contribution in [3.8, 4) is 0 Å². The Morgan fingerprint density at radius 1 is 0.900 bits per heavy atom. The molecule has 2 saturated heterocycles. The van der Waals surface area contributed by atoms with Gasteiger partial charge in [0.25, 0.3) is 11.8 Å². The largest absolute Gasteiger partial charge is 0.416 e. The SMILES string of the molecule is CC1CN(C(=O)c2ccccc2)C(C)CN1CCN1CCC(CC(=O)CNC(=O)c2cccc(C(F)(F)F)c2)C1. The Balaban J connectivity index is 1.17. The number of nitrogens with one attached hydrogen (secondary N) is 1. The Morgan fingerprint density at radius 2 is 1.62 bits per heavy atom. The molecular weight excluding hydrogens is 521 g/mol. The summed E-state index contributed by atoms with van der Waals surface area (Å²) in [5, 5.41) is 2.46. The highest BCUT2D eigenvalue weighted by Gasteiger charge is 2.33. The van der Waals surface area contributed by atoms with Crippen molar-refractivity contribution in [2.24, 2.45) is 5.92 Å². The van der Waals surface area contributed by atoms with Crippen molar-refractivity contribution in [2.45, 2.75) is 44.9 Å². The molecular formula is C30H37F3N4O3. The summed E-state index contributed by atoms with van der Waals surface area (Å²) in [6.45, 7) is 8.97. The van der Waals surface area contributed by atoms with E-state index in [1.54, 1.807) is 0 Å². The van der Waals surface area contributed by atoms with Gasteiger partial charge in [-0.25, -0.2) is 0 Å². The molecule has 2 aliphatic rings. The van der Waals surface area contributed by atoms with E-state index in [-0.39, 0.29) is 41.8 Å². The first-order valence-corrected chi connectivity index (χ1v) is 13.8. The standard InChI is InChI=1S/C30H37F3N4O3/c1-21-19-37(29(40)24-7-4-3-5-8-24)22(2)18-36(21)14-13-35-12-11-23(20-35)15-27(38)17-34-28(39)25-9-6-10-26(16-25)30(31,32)33/h3-10,16,21-23H,11-15,17-20H2,1-2H3,(H,34,39). The fraction of sp³-hybridized carbons (Fsp3) is 0.500. The van der Waals surface area contributed by atoms with E-state index in [1.807, 2.05) is 35.2 Å². The first-order chi connectivity index (χ1) is 19.0. The molecule has 10 heteroatoms. The second-order valence-electron chi connectivity index (χ2n) is 11.0. The lowest BCUT2D eigenvalue weighted by atomic mass is 10.0. The Bertz CT molecular complexity index is 1190. The molecule has 2 fully saturated rings. The summed E-state index contributed by atoms with van der Waals surface area (Å²) >= 11 is 0. The number of hydrogen-bond acceptors (Lipinski definition) is 5. The van der Waals surface area contributed by atoms with Gasteiger partial charge in [0.2, 0.25) is 0 Å². The van der Waals surface area contributed by atoms with Gasteiger partial charge in [-0.05, 0) is 63.1 Å². The molecule has 2 amide bonds. The van der Waals surface area contributed by atoms with Crippen molar-refractivity contribution in [2.75, 3.05) is 45.8 Å². The van der Waals surface area contributed by atoms with Crippen molar-refractivity contribution in [1.29, 1.82) is 0 Å². The number of amides is 2. The highest BCUT2D eigenvalue weighted by Crippen LogP contribution is 2.29. The monoisotopic (exact) mass is 558 g/mol. The molecule has 216 valence electrons. The summed E-state index contributed by atoms with van der Waals surface area (Å²) in [5.74, 6) is -0.567. The lowest BCUT2D eigenvalue weighted by Gasteiger charge is -2.44. The number of benzene rings is 2. The van der Waals surface area contributed by atoms with Crippen LogP contribution in [-0.2, 0) is 11.0 Å². The molecule has 0 bridgehead atoms. The molecule has 0 radical (unpaired) electrons. The van der Waals surface area contributed by atoms with Crippen LogP contribution in [0.4, 0.5) is 13.2 Å². The van der Waals surface area contributed by atoms with Crippen LogP contribution in [0.3, 0.4) is 0 Å². The number of alkyl halides is 3. The summed E-state index contributed by atoms with van der Waals surface area (Å²) in [5.41, 5.74) is -0.310. The van der Waals surface area contributed by atoms with Crippen LogP contribution in [-0.4, -0.2) is 90.2 Å². The maximum Gasteiger partial charge on any atom is 0.416 e. The third-order valence-corrected chi connectivity index (χ3v) is 7.88. The molecule has 0 aromatic heterocycles. The fourth-order valence-electron chi connectivity index (χ4n) is 5.60. The molecule has 3 atom stereocenters. The molecule has 2 heterocycles. The van der Waals surface area contributed by atoms with Gasteiger partial charge in [0.1, 0.15) is 0 Å². The van der Waals surface area contributed by atoms with E-state index < -0.39 is 17.6 Å². The smallest absolute Gasteiger partial charge is 0.345 e. The number of hydrogen-bond donors (Lipinski definition) is 1. The maximum atomic E-state index is 13.0. The number of piperazine rings is 1. The number of rotatable bonds is 9. The lowest BCUT2D eigenvalue weighted by molar-refractivity contribution is -0.137. The summed E-state index contributed by atoms with van der Waals surface area (Å²) in [4.78, 5) is 44.4. The second kappa shape index (κ2) is 13.0. The summed E-state index contributed by atoms with van der Waals surface area (Å²) in [6, 6.07) is 13.9. The van der Waals surface area contributed by atoms with Crippen LogP contribution in [0.25, 0.3) is 0 Å². The van der Waals surface area contributed by atoms with Crippen LogP contribution in [0.5, 0.6) is 0 Å². The Morgan fingerprint density at radius 3 is 2.35 bits per heavy atom. The van der Waals surface area contributed by atoms with Crippen LogP contribution in [0.2, 0.25) is 0 Å². The van der Waals surface area contributed by atoms with E-state index in [0.717, 1.165) is 51.3 Å². The third-order valence-electron chi connectivity index (χ3n) is 7.88. The first-order valence-electron chi connectivity index (χ1n) is 13.8. The van der Waals surface area contributed by atoms with Gasteiger partial charge < -0.3 is 15.1 Å². The van der Waals surface area contributed by atoms with Crippen LogP contribution in [0.1, 0.15) is 53.0 Å². The van der Waals surface area contributed by atoms with Gasteiger partial charge in [0, 0.05) is 62.4 Å². The van der Waals surface area contributed by atoms with Gasteiger partial charge in [-0.15, -0.1) is 0 Å². The van der Waals surface area contributed by atoms with E-state index in [9.17, 15) is 27.6 Å². The Kier molecular flexibility index (Phi) is 9.63. The zero-order chi connectivity index (χ0) is 28.9. The average Bonchev–Trinajstić information content (AvgIpc) is 3.38. The highest BCUT2D eigenvalue weighted by molar-refractivity contribution is 5.97. The summed E-state index contributed by atoms with van der Waals surface area (Å²) in [6.07, 6.45) is -3.32. The minimum atomic E-state index is -4.54. The molecule has 1 N–H and O–H groups in total. The molecule has 0 saturated carbocycles. The van der Waals surface area contributed by atoms with Crippen molar-refractivity contribution < 1.29 is 27.6 Å². The lowest BCUT2D eigenvalue weighted by Crippen LogP contribution is -2.58. The number of nitrogens with zero attached hydrogens (tertiary/aromatic N) is 3. The zero-order valence-electron chi connectivity index (χ0n) is 23.0. The normalized spacial score (nSPS) is 22.3. The fourth-order valence-corrected chi connectivity index (χ4v) is 5.60. The highest BCUT2D eigenvalue weighted by atomic mass is 19.4. The molecule has 4 rings (SSSR count). The second-order valence-corrected chi connectivity index (χ2v) is 11.0. The van der Waals surface area contributed by atoms with E-state index in [0.29, 0.717) is 18.5 Å². The molecule has 2 aliphatic heterocycles. The van der Waals surface area contributed by atoms with E-state index in [2.05, 4.69) is 29.0 Å². The van der Waals surface area contributed by atoms with Crippen LogP contribution >= 0.6 is 0 Å². The Labute approximate surface area is 233 Å². The van der Waals surface area contributed by atoms with Gasteiger partial charge in [-0.2, -0.15) is 13.2 Å². The minimum Gasteiger partial charge on any atom is -0.345 e. The molecule has 7 nitrogen and oxygen atoms in total. The number of ketones is 1. The molecule has 2 aromatic rings. The van der Waals surface area contributed by atoms with Crippen LogP contribution in [0.15, 0.2) is 54.6 Å². The van der Waals surface area contributed by atoms with Gasteiger partial charge in [-0.1, -0.05) is 24.3 Å². The quantitative estimate of drug-likeness (QED) is 0.505. The van der Waals surface area contributed by atoms with E-state index in [4.69, 9.17) is 0 Å². The topological polar surface area (TPSA) is 73.0 Å². The number of Topliss-reactive ketones (excluding diaryl/α,β-unsaturated/α-hetero) is 1. The van der Waals surface area contributed by atoms with Crippen molar-refractivity contribution >= 4 is 17.6 Å². The van der Waals surface area contributed by atoms with Crippen molar-refractivity contribution in [1.82, 2.24) is 20.0 Å². The van der Waals surface area contributed by atoms with Gasteiger partial charge >= 0.3 is 6.18 Å². The van der Waals surface area contributed by atoms with Crippen LogP contribution in [0, 0.1) is 5.92 Å². The molecule has 3 unspecified atom stereocenters.